The smallest absolute Gasteiger partial charge is 0.125 e. The van der Waals surface area contributed by atoms with Crippen LogP contribution in [-0.4, -0.2) is 26.2 Å². The Balaban J connectivity index is 1.70. The number of nitrogens with one attached hydrogen (secondary N) is 1. The van der Waals surface area contributed by atoms with Crippen LogP contribution < -0.4 is 9.64 Å². The van der Waals surface area contributed by atoms with Crippen molar-refractivity contribution >= 4 is 11.6 Å². The fourth-order valence-electron chi connectivity index (χ4n) is 2.90. The van der Waals surface area contributed by atoms with Gasteiger partial charge in [0.2, 0.25) is 0 Å². The molecule has 0 radical (unpaired) electrons. The number of ether oxygens (including phenoxy) is 1. The Labute approximate surface area is 121 Å². The molecule has 106 valence electrons. The van der Waals surface area contributed by atoms with Crippen LogP contribution in [0.15, 0.2) is 12.1 Å². The van der Waals surface area contributed by atoms with Crippen LogP contribution in [-0.2, 0) is 0 Å². The lowest BCUT2D eigenvalue weighted by atomic mass is 10.1. The summed E-state index contributed by atoms with van der Waals surface area (Å²) in [7, 11) is 0. The summed E-state index contributed by atoms with van der Waals surface area (Å²) in [5.74, 6) is 1.01. The van der Waals surface area contributed by atoms with Gasteiger partial charge in [-0.2, -0.15) is 0 Å². The van der Waals surface area contributed by atoms with Crippen molar-refractivity contribution in [2.75, 3.05) is 26.2 Å². The fraction of sp³-hybridized carbons (Fsp3) is 0.625. The van der Waals surface area contributed by atoms with Gasteiger partial charge < -0.3 is 9.64 Å². The first-order valence-corrected chi connectivity index (χ1v) is 7.78. The number of benzene rings is 1. The average molecular weight is 283 g/mol. The van der Waals surface area contributed by atoms with Gasteiger partial charge in [0.1, 0.15) is 5.75 Å². The molecule has 0 saturated carbocycles. The molecule has 0 spiro atoms. The molecule has 1 aliphatic rings. The molecule has 1 aromatic rings. The van der Waals surface area contributed by atoms with E-state index in [2.05, 4.69) is 13.8 Å². The number of quaternary nitrogens is 1. The molecule has 2 nitrogen and oxygen atoms in total. The van der Waals surface area contributed by atoms with E-state index in [1.54, 1.807) is 4.90 Å². The molecule has 0 atom stereocenters. The third kappa shape index (κ3) is 4.39. The fourth-order valence-corrected chi connectivity index (χ4v) is 3.23. The number of unbranched alkanes of at least 4 members (excludes halogenated alkanes) is 1. The minimum atomic E-state index is 0.792. The number of aryl methyl sites for hydroxylation is 2. The standard InChI is InChI=1S/C16H24ClNO/c1-13-11-15(17)12-14(2)16(13)19-10-6-5-9-18-7-3-4-8-18/h11-12H,3-10H2,1-2H3/p+1. The second-order valence-electron chi connectivity index (χ2n) is 5.63. The number of halogens is 1. The molecule has 1 heterocycles. The van der Waals surface area contributed by atoms with Crippen molar-refractivity contribution in [2.24, 2.45) is 0 Å². The van der Waals surface area contributed by atoms with Gasteiger partial charge in [-0.05, 0) is 49.9 Å². The maximum Gasteiger partial charge on any atom is 0.125 e. The van der Waals surface area contributed by atoms with Crippen LogP contribution in [0.1, 0.15) is 36.8 Å². The molecule has 0 unspecified atom stereocenters. The summed E-state index contributed by atoms with van der Waals surface area (Å²) in [6.45, 7) is 8.98. The van der Waals surface area contributed by atoms with E-state index >= 15 is 0 Å². The maximum absolute atomic E-state index is 6.02. The first-order chi connectivity index (χ1) is 9.16. The summed E-state index contributed by atoms with van der Waals surface area (Å²) in [4.78, 5) is 1.78. The molecule has 0 aliphatic carbocycles. The van der Waals surface area contributed by atoms with E-state index in [0.29, 0.717) is 0 Å². The van der Waals surface area contributed by atoms with Gasteiger partial charge >= 0.3 is 0 Å². The van der Waals surface area contributed by atoms with Crippen molar-refractivity contribution in [1.82, 2.24) is 0 Å². The summed E-state index contributed by atoms with van der Waals surface area (Å²) in [5.41, 5.74) is 2.27. The third-order valence-corrected chi connectivity index (χ3v) is 4.13. The minimum Gasteiger partial charge on any atom is -0.493 e. The van der Waals surface area contributed by atoms with Crippen LogP contribution in [0.3, 0.4) is 0 Å². The molecular formula is C16H25ClNO+. The maximum atomic E-state index is 6.02. The van der Waals surface area contributed by atoms with Gasteiger partial charge in [-0.25, -0.2) is 0 Å². The largest absolute Gasteiger partial charge is 0.493 e. The zero-order chi connectivity index (χ0) is 13.7. The topological polar surface area (TPSA) is 13.7 Å². The summed E-state index contributed by atoms with van der Waals surface area (Å²) in [5, 5.41) is 0.792. The van der Waals surface area contributed by atoms with Crippen LogP contribution in [0.25, 0.3) is 0 Å². The zero-order valence-electron chi connectivity index (χ0n) is 12.1. The Morgan fingerprint density at radius 3 is 2.37 bits per heavy atom. The molecule has 0 bridgehead atoms. The molecule has 0 aromatic heterocycles. The molecule has 1 fully saturated rings. The Morgan fingerprint density at radius 2 is 1.74 bits per heavy atom. The van der Waals surface area contributed by atoms with Gasteiger partial charge in [-0.1, -0.05) is 11.6 Å². The van der Waals surface area contributed by atoms with E-state index in [1.165, 1.54) is 38.9 Å². The van der Waals surface area contributed by atoms with Crippen LogP contribution in [0.2, 0.25) is 5.02 Å². The van der Waals surface area contributed by atoms with Crippen molar-refractivity contribution in [3.63, 3.8) is 0 Å². The Hall–Kier alpha value is -0.730. The highest BCUT2D eigenvalue weighted by Crippen LogP contribution is 2.27. The van der Waals surface area contributed by atoms with Gasteiger partial charge in [0, 0.05) is 17.9 Å². The monoisotopic (exact) mass is 282 g/mol. The molecule has 3 heteroatoms. The zero-order valence-corrected chi connectivity index (χ0v) is 12.9. The van der Waals surface area contributed by atoms with Crippen molar-refractivity contribution < 1.29 is 9.64 Å². The normalized spacial score (nSPS) is 15.9. The van der Waals surface area contributed by atoms with Gasteiger partial charge in [-0.15, -0.1) is 0 Å². The molecule has 19 heavy (non-hydrogen) atoms. The quantitative estimate of drug-likeness (QED) is 0.792. The number of hydrogen-bond acceptors (Lipinski definition) is 1. The number of rotatable bonds is 6. The van der Waals surface area contributed by atoms with Crippen LogP contribution in [0, 0.1) is 13.8 Å². The van der Waals surface area contributed by atoms with Crippen molar-refractivity contribution in [3.8, 4) is 5.75 Å². The lowest BCUT2D eigenvalue weighted by Crippen LogP contribution is -3.09. The van der Waals surface area contributed by atoms with Crippen molar-refractivity contribution in [3.05, 3.63) is 28.3 Å². The average Bonchev–Trinajstić information content (AvgIpc) is 2.84. The van der Waals surface area contributed by atoms with Crippen LogP contribution in [0.5, 0.6) is 5.75 Å². The second-order valence-corrected chi connectivity index (χ2v) is 6.07. The lowest BCUT2D eigenvalue weighted by molar-refractivity contribution is -0.887. The Morgan fingerprint density at radius 1 is 1.11 bits per heavy atom. The number of likely N-dealkylation sites (tertiary alicyclic amines) is 1. The highest BCUT2D eigenvalue weighted by atomic mass is 35.5. The van der Waals surface area contributed by atoms with E-state index in [-0.39, 0.29) is 0 Å². The summed E-state index contributed by atoms with van der Waals surface area (Å²) in [6, 6.07) is 3.94. The van der Waals surface area contributed by atoms with E-state index in [1.807, 2.05) is 12.1 Å². The molecule has 2 rings (SSSR count). The highest BCUT2D eigenvalue weighted by Gasteiger charge is 2.14. The van der Waals surface area contributed by atoms with Gasteiger partial charge in [0.05, 0.1) is 26.2 Å². The van der Waals surface area contributed by atoms with Crippen LogP contribution >= 0.6 is 11.6 Å². The molecule has 1 N–H and O–H groups in total. The van der Waals surface area contributed by atoms with E-state index in [9.17, 15) is 0 Å². The van der Waals surface area contributed by atoms with E-state index < -0.39 is 0 Å². The first kappa shape index (κ1) is 14.7. The minimum absolute atomic E-state index is 0.792. The molecule has 1 aliphatic heterocycles. The first-order valence-electron chi connectivity index (χ1n) is 7.40. The molecule has 0 amide bonds. The molecular weight excluding hydrogens is 258 g/mol. The Kier molecular flexibility index (Phi) is 5.53. The van der Waals surface area contributed by atoms with E-state index in [4.69, 9.17) is 16.3 Å². The van der Waals surface area contributed by atoms with Gasteiger partial charge in [0.25, 0.3) is 0 Å². The van der Waals surface area contributed by atoms with Gasteiger partial charge in [0.15, 0.2) is 0 Å². The summed E-state index contributed by atoms with van der Waals surface area (Å²) in [6.07, 6.45) is 5.23. The predicted octanol–water partition coefficient (Wildman–Crippen LogP) is 2.79. The summed E-state index contributed by atoms with van der Waals surface area (Å²) >= 11 is 6.02. The predicted molar refractivity (Wildman–Crippen MR) is 80.5 cm³/mol. The highest BCUT2D eigenvalue weighted by molar-refractivity contribution is 6.30. The molecule has 1 saturated heterocycles. The van der Waals surface area contributed by atoms with E-state index in [0.717, 1.165) is 34.9 Å². The van der Waals surface area contributed by atoms with Crippen LogP contribution in [0.4, 0.5) is 0 Å². The van der Waals surface area contributed by atoms with Gasteiger partial charge in [-0.3, -0.25) is 0 Å². The molecule has 1 aromatic carbocycles. The lowest BCUT2D eigenvalue weighted by Gasteiger charge is -2.14. The Bertz CT molecular complexity index is 390. The number of hydrogen-bond donors (Lipinski definition) is 1. The second kappa shape index (κ2) is 7.16. The van der Waals surface area contributed by atoms with Crippen molar-refractivity contribution in [2.45, 2.75) is 39.5 Å². The third-order valence-electron chi connectivity index (χ3n) is 3.91. The SMILES string of the molecule is Cc1cc(Cl)cc(C)c1OCCCC[NH+]1CCCC1. The van der Waals surface area contributed by atoms with Crippen molar-refractivity contribution in [1.29, 1.82) is 0 Å². The summed E-state index contributed by atoms with van der Waals surface area (Å²) < 4.78 is 5.92.